The van der Waals surface area contributed by atoms with Crippen LogP contribution < -0.4 is 10.6 Å². The van der Waals surface area contributed by atoms with E-state index in [4.69, 9.17) is 4.74 Å². The standard InChI is InChI=1S/C13H27N3O.HI/c1-4-9-15-12(14-2)16-11-13(6-5-7-13)8-10-17-3;/h4-11H2,1-3H3,(H2,14,15,16);1H. The second kappa shape index (κ2) is 9.83. The Morgan fingerprint density at radius 1 is 1.33 bits per heavy atom. The molecule has 0 unspecified atom stereocenters. The summed E-state index contributed by atoms with van der Waals surface area (Å²) in [6, 6.07) is 0. The van der Waals surface area contributed by atoms with Gasteiger partial charge in [-0.25, -0.2) is 0 Å². The fraction of sp³-hybridized carbons (Fsp3) is 0.923. The monoisotopic (exact) mass is 369 g/mol. The molecule has 0 amide bonds. The molecule has 0 saturated heterocycles. The van der Waals surface area contributed by atoms with Crippen molar-refractivity contribution in [3.63, 3.8) is 0 Å². The van der Waals surface area contributed by atoms with E-state index in [9.17, 15) is 0 Å². The van der Waals surface area contributed by atoms with Crippen molar-refractivity contribution in [2.75, 3.05) is 33.9 Å². The van der Waals surface area contributed by atoms with Gasteiger partial charge in [-0.15, -0.1) is 24.0 Å². The lowest BCUT2D eigenvalue weighted by Gasteiger charge is -2.42. The minimum Gasteiger partial charge on any atom is -0.385 e. The summed E-state index contributed by atoms with van der Waals surface area (Å²) in [4.78, 5) is 4.23. The number of nitrogens with zero attached hydrogens (tertiary/aromatic N) is 1. The summed E-state index contributed by atoms with van der Waals surface area (Å²) in [5.74, 6) is 0.926. The lowest BCUT2D eigenvalue weighted by molar-refractivity contribution is 0.0732. The van der Waals surface area contributed by atoms with Crippen LogP contribution in [0, 0.1) is 5.41 Å². The average Bonchev–Trinajstić information content (AvgIpc) is 2.31. The van der Waals surface area contributed by atoms with E-state index in [0.29, 0.717) is 5.41 Å². The highest BCUT2D eigenvalue weighted by atomic mass is 127. The van der Waals surface area contributed by atoms with Crippen LogP contribution in [0.1, 0.15) is 39.0 Å². The van der Waals surface area contributed by atoms with Crippen LogP contribution in [0.3, 0.4) is 0 Å². The van der Waals surface area contributed by atoms with E-state index in [1.165, 1.54) is 19.3 Å². The molecule has 0 bridgehead atoms. The summed E-state index contributed by atoms with van der Waals surface area (Å²) in [6.07, 6.45) is 6.26. The third kappa shape index (κ3) is 5.73. The summed E-state index contributed by atoms with van der Waals surface area (Å²) in [5.41, 5.74) is 0.444. The number of methoxy groups -OCH3 is 1. The molecule has 0 aliphatic heterocycles. The number of ether oxygens (including phenoxy) is 1. The highest BCUT2D eigenvalue weighted by molar-refractivity contribution is 14.0. The molecule has 0 aromatic heterocycles. The third-order valence-corrected chi connectivity index (χ3v) is 3.65. The van der Waals surface area contributed by atoms with Gasteiger partial charge in [0, 0.05) is 33.9 Å². The molecule has 0 heterocycles. The topological polar surface area (TPSA) is 45.7 Å². The van der Waals surface area contributed by atoms with Crippen LogP contribution in [0.5, 0.6) is 0 Å². The van der Waals surface area contributed by atoms with Crippen LogP contribution in [-0.4, -0.2) is 39.8 Å². The van der Waals surface area contributed by atoms with E-state index in [-0.39, 0.29) is 24.0 Å². The number of hydrogen-bond acceptors (Lipinski definition) is 2. The van der Waals surface area contributed by atoms with E-state index in [1.807, 2.05) is 7.05 Å². The van der Waals surface area contributed by atoms with Crippen molar-refractivity contribution in [2.45, 2.75) is 39.0 Å². The fourth-order valence-corrected chi connectivity index (χ4v) is 2.25. The minimum absolute atomic E-state index is 0. The Kier molecular flexibility index (Phi) is 9.81. The van der Waals surface area contributed by atoms with Crippen molar-refractivity contribution in [2.24, 2.45) is 10.4 Å². The molecule has 1 fully saturated rings. The van der Waals surface area contributed by atoms with Gasteiger partial charge in [0.05, 0.1) is 0 Å². The summed E-state index contributed by atoms with van der Waals surface area (Å²) >= 11 is 0. The predicted molar refractivity (Wildman–Crippen MR) is 87.8 cm³/mol. The lowest BCUT2D eigenvalue weighted by atomic mass is 9.67. The summed E-state index contributed by atoms with van der Waals surface area (Å²) in [5, 5.41) is 6.74. The van der Waals surface area contributed by atoms with Gasteiger partial charge in [0.15, 0.2) is 5.96 Å². The lowest BCUT2D eigenvalue weighted by Crippen LogP contribution is -2.47. The van der Waals surface area contributed by atoms with E-state index >= 15 is 0 Å². The number of nitrogens with one attached hydrogen (secondary N) is 2. The first-order valence-electron chi connectivity index (χ1n) is 6.70. The normalized spacial score (nSPS) is 17.6. The second-order valence-corrected chi connectivity index (χ2v) is 4.95. The molecule has 1 aliphatic rings. The Morgan fingerprint density at radius 3 is 2.50 bits per heavy atom. The van der Waals surface area contributed by atoms with E-state index in [2.05, 4.69) is 22.5 Å². The maximum Gasteiger partial charge on any atom is 0.190 e. The second-order valence-electron chi connectivity index (χ2n) is 4.95. The molecule has 1 aliphatic carbocycles. The first kappa shape index (κ1) is 18.0. The maximum absolute atomic E-state index is 5.20. The predicted octanol–water partition coefficient (Wildman–Crippen LogP) is 2.39. The highest BCUT2D eigenvalue weighted by Gasteiger charge is 2.36. The van der Waals surface area contributed by atoms with Crippen molar-refractivity contribution in [3.8, 4) is 0 Å². The molecule has 0 aromatic carbocycles. The zero-order valence-electron chi connectivity index (χ0n) is 11.9. The molecule has 18 heavy (non-hydrogen) atoms. The first-order valence-corrected chi connectivity index (χ1v) is 6.70. The quantitative estimate of drug-likeness (QED) is 0.412. The Balaban J connectivity index is 0.00000289. The van der Waals surface area contributed by atoms with Gasteiger partial charge in [-0.1, -0.05) is 13.3 Å². The Labute approximate surface area is 128 Å². The van der Waals surface area contributed by atoms with E-state index in [0.717, 1.165) is 38.5 Å². The van der Waals surface area contributed by atoms with Crippen LogP contribution in [0.15, 0.2) is 4.99 Å². The van der Waals surface area contributed by atoms with Gasteiger partial charge in [0.25, 0.3) is 0 Å². The van der Waals surface area contributed by atoms with Crippen LogP contribution in [0.2, 0.25) is 0 Å². The van der Waals surface area contributed by atoms with Crippen molar-refractivity contribution >= 4 is 29.9 Å². The molecule has 0 spiro atoms. The van der Waals surface area contributed by atoms with Crippen molar-refractivity contribution < 1.29 is 4.74 Å². The largest absolute Gasteiger partial charge is 0.385 e. The molecule has 108 valence electrons. The SMILES string of the molecule is CCCNC(=NC)NCC1(CCOC)CCC1.I. The zero-order valence-corrected chi connectivity index (χ0v) is 14.3. The Hall–Kier alpha value is -0.0400. The highest BCUT2D eigenvalue weighted by Crippen LogP contribution is 2.43. The number of hydrogen-bond donors (Lipinski definition) is 2. The summed E-state index contributed by atoms with van der Waals surface area (Å²) in [7, 11) is 3.61. The number of halogens is 1. The summed E-state index contributed by atoms with van der Waals surface area (Å²) in [6.45, 7) is 5.01. The van der Waals surface area contributed by atoms with Crippen molar-refractivity contribution in [1.82, 2.24) is 10.6 Å². The number of aliphatic imine (C=N–C) groups is 1. The van der Waals surface area contributed by atoms with Gasteiger partial charge < -0.3 is 15.4 Å². The number of guanidine groups is 1. The van der Waals surface area contributed by atoms with E-state index < -0.39 is 0 Å². The molecule has 0 radical (unpaired) electrons. The average molecular weight is 369 g/mol. The minimum atomic E-state index is 0. The van der Waals surface area contributed by atoms with Gasteiger partial charge in [-0.05, 0) is 31.1 Å². The van der Waals surface area contributed by atoms with Gasteiger partial charge in [0.1, 0.15) is 0 Å². The smallest absolute Gasteiger partial charge is 0.190 e. The molecule has 0 atom stereocenters. The number of rotatable bonds is 7. The van der Waals surface area contributed by atoms with Crippen LogP contribution in [-0.2, 0) is 4.74 Å². The molecule has 4 nitrogen and oxygen atoms in total. The molecule has 0 aromatic rings. The summed E-state index contributed by atoms with van der Waals surface area (Å²) < 4.78 is 5.20. The van der Waals surface area contributed by atoms with E-state index in [1.54, 1.807) is 7.11 Å². The Morgan fingerprint density at radius 2 is 2.06 bits per heavy atom. The molecule has 5 heteroatoms. The maximum atomic E-state index is 5.20. The molecular formula is C13H28IN3O. The van der Waals surface area contributed by atoms with Crippen molar-refractivity contribution in [1.29, 1.82) is 0 Å². The van der Waals surface area contributed by atoms with Crippen LogP contribution in [0.4, 0.5) is 0 Å². The first-order chi connectivity index (χ1) is 8.26. The van der Waals surface area contributed by atoms with Gasteiger partial charge in [0.2, 0.25) is 0 Å². The van der Waals surface area contributed by atoms with Crippen LogP contribution >= 0.6 is 24.0 Å². The fourth-order valence-electron chi connectivity index (χ4n) is 2.25. The molecule has 1 saturated carbocycles. The van der Waals surface area contributed by atoms with Gasteiger partial charge >= 0.3 is 0 Å². The zero-order chi connectivity index (χ0) is 12.6. The molecular weight excluding hydrogens is 341 g/mol. The van der Waals surface area contributed by atoms with Gasteiger partial charge in [-0.3, -0.25) is 4.99 Å². The molecule has 2 N–H and O–H groups in total. The third-order valence-electron chi connectivity index (χ3n) is 3.65. The van der Waals surface area contributed by atoms with Crippen LogP contribution in [0.25, 0.3) is 0 Å². The Bertz CT molecular complexity index is 242. The molecule has 1 rings (SSSR count). The van der Waals surface area contributed by atoms with Gasteiger partial charge in [-0.2, -0.15) is 0 Å². The van der Waals surface area contributed by atoms with Crippen molar-refractivity contribution in [3.05, 3.63) is 0 Å².